The number of hydrogen-bond acceptors (Lipinski definition) is 5. The van der Waals surface area contributed by atoms with Gasteiger partial charge in [-0.25, -0.2) is 9.97 Å². The van der Waals surface area contributed by atoms with Crippen molar-refractivity contribution in [2.75, 3.05) is 31.1 Å². The summed E-state index contributed by atoms with van der Waals surface area (Å²) in [7, 11) is 0. The molecule has 1 aliphatic rings. The van der Waals surface area contributed by atoms with Gasteiger partial charge in [-0.1, -0.05) is 20.8 Å². The number of nitrogens with zero attached hydrogens (tertiary/aromatic N) is 4. The quantitative estimate of drug-likeness (QED) is 0.671. The average molecular weight is 443 g/mol. The Morgan fingerprint density at radius 2 is 1.80 bits per heavy atom. The summed E-state index contributed by atoms with van der Waals surface area (Å²) in [4.78, 5) is 27.1. The van der Waals surface area contributed by atoms with Crippen LogP contribution in [0.25, 0.3) is 10.2 Å². The Kier molecular flexibility index (Phi) is 6.32. The van der Waals surface area contributed by atoms with E-state index >= 15 is 0 Å². The van der Waals surface area contributed by atoms with E-state index in [0.29, 0.717) is 25.9 Å². The molecule has 166 valence electrons. The molecule has 30 heavy (non-hydrogen) atoms. The second-order valence-electron chi connectivity index (χ2n) is 9.29. The lowest BCUT2D eigenvalue weighted by atomic mass is 9.92. The van der Waals surface area contributed by atoms with Crippen molar-refractivity contribution in [2.24, 2.45) is 11.3 Å². The molecular weight excluding hydrogens is 413 g/mol. The van der Waals surface area contributed by atoms with E-state index in [9.17, 15) is 18.0 Å². The molecule has 0 spiro atoms. The Hall–Kier alpha value is -1.90. The highest BCUT2D eigenvalue weighted by Gasteiger charge is 2.38. The van der Waals surface area contributed by atoms with Gasteiger partial charge in [0, 0.05) is 30.4 Å². The molecule has 0 bridgehead atoms. The SMILES string of the molecule is Cc1sc2ncnc(N3CCC(C(=O)N(CC(C)(C)C)CC(F)(F)F)CC3)c2c1C. The fourth-order valence-electron chi connectivity index (χ4n) is 4.00. The Balaban J connectivity index is 1.73. The summed E-state index contributed by atoms with van der Waals surface area (Å²) in [6.07, 6.45) is -1.81. The third kappa shape index (κ3) is 5.22. The van der Waals surface area contributed by atoms with Gasteiger partial charge >= 0.3 is 6.18 Å². The maximum Gasteiger partial charge on any atom is 0.406 e. The first-order chi connectivity index (χ1) is 13.9. The van der Waals surface area contributed by atoms with Gasteiger partial charge in [-0.05, 0) is 37.7 Å². The fraction of sp³-hybridized carbons (Fsp3) is 0.667. The van der Waals surface area contributed by atoms with Gasteiger partial charge in [-0.3, -0.25) is 4.79 Å². The monoisotopic (exact) mass is 442 g/mol. The summed E-state index contributed by atoms with van der Waals surface area (Å²) in [5, 5.41) is 1.04. The smallest absolute Gasteiger partial charge is 0.356 e. The molecule has 0 atom stereocenters. The molecule has 1 amide bonds. The lowest BCUT2D eigenvalue weighted by Gasteiger charge is -2.37. The van der Waals surface area contributed by atoms with E-state index in [2.05, 4.69) is 28.7 Å². The fourth-order valence-corrected chi connectivity index (χ4v) is 4.99. The lowest BCUT2D eigenvalue weighted by molar-refractivity contribution is -0.166. The van der Waals surface area contributed by atoms with E-state index in [1.54, 1.807) is 17.7 Å². The molecule has 3 rings (SSSR count). The second kappa shape index (κ2) is 8.32. The van der Waals surface area contributed by atoms with E-state index in [4.69, 9.17) is 0 Å². The first kappa shape index (κ1) is 22.8. The number of carbonyl (C=O) groups excluding carboxylic acids is 1. The van der Waals surface area contributed by atoms with Gasteiger partial charge in [0.25, 0.3) is 0 Å². The molecule has 1 fully saturated rings. The van der Waals surface area contributed by atoms with Crippen LogP contribution in [0.2, 0.25) is 0 Å². The average Bonchev–Trinajstić information content (AvgIpc) is 2.93. The highest BCUT2D eigenvalue weighted by molar-refractivity contribution is 7.18. The molecular formula is C21H29F3N4OS. The Bertz CT molecular complexity index is 895. The number of aromatic nitrogens is 2. The van der Waals surface area contributed by atoms with Crippen molar-refractivity contribution in [2.45, 2.75) is 53.6 Å². The number of aryl methyl sites for hydroxylation is 2. The molecule has 0 radical (unpaired) electrons. The zero-order valence-electron chi connectivity index (χ0n) is 18.1. The first-order valence-electron chi connectivity index (χ1n) is 10.2. The predicted molar refractivity (Wildman–Crippen MR) is 114 cm³/mol. The van der Waals surface area contributed by atoms with Crippen molar-refractivity contribution in [1.29, 1.82) is 0 Å². The standard InChI is InChI=1S/C21H29F3N4OS/c1-13-14(2)30-18-16(13)17(25-12-26-18)27-8-6-15(7-9-27)19(29)28(10-20(3,4)5)11-21(22,23)24/h12,15H,6-11H2,1-5H3. The van der Waals surface area contributed by atoms with Gasteiger partial charge in [0.1, 0.15) is 23.5 Å². The summed E-state index contributed by atoms with van der Waals surface area (Å²) in [6, 6.07) is 0. The molecule has 9 heteroatoms. The highest BCUT2D eigenvalue weighted by atomic mass is 32.1. The summed E-state index contributed by atoms with van der Waals surface area (Å²) in [5.41, 5.74) is 0.757. The molecule has 0 aliphatic carbocycles. The van der Waals surface area contributed by atoms with Crippen LogP contribution in [0.5, 0.6) is 0 Å². The van der Waals surface area contributed by atoms with Crippen LogP contribution in [0.1, 0.15) is 44.1 Å². The highest BCUT2D eigenvalue weighted by Crippen LogP contribution is 2.36. The predicted octanol–water partition coefficient (Wildman–Crippen LogP) is 4.96. The number of anilines is 1. The molecule has 1 saturated heterocycles. The summed E-state index contributed by atoms with van der Waals surface area (Å²) < 4.78 is 39.2. The first-order valence-corrected chi connectivity index (χ1v) is 11.0. The maximum atomic E-state index is 13.1. The van der Waals surface area contributed by atoms with Crippen LogP contribution in [0.15, 0.2) is 6.33 Å². The van der Waals surface area contributed by atoms with Crippen molar-refractivity contribution >= 4 is 33.3 Å². The minimum atomic E-state index is -4.40. The number of carbonyl (C=O) groups is 1. The molecule has 0 N–H and O–H groups in total. The number of rotatable bonds is 4. The topological polar surface area (TPSA) is 49.3 Å². The van der Waals surface area contributed by atoms with Crippen LogP contribution in [-0.4, -0.2) is 53.1 Å². The molecule has 0 unspecified atom stereocenters. The van der Waals surface area contributed by atoms with Crippen LogP contribution in [0.4, 0.5) is 19.0 Å². The van der Waals surface area contributed by atoms with Crippen molar-refractivity contribution in [3.63, 3.8) is 0 Å². The lowest BCUT2D eigenvalue weighted by Crippen LogP contribution is -2.48. The van der Waals surface area contributed by atoms with E-state index in [0.717, 1.165) is 26.5 Å². The Labute approximate surface area is 179 Å². The number of halogens is 3. The van der Waals surface area contributed by atoms with Crippen LogP contribution >= 0.6 is 11.3 Å². The maximum absolute atomic E-state index is 13.1. The Morgan fingerprint density at radius 3 is 2.37 bits per heavy atom. The molecule has 0 aromatic carbocycles. The van der Waals surface area contributed by atoms with Crippen LogP contribution in [0.3, 0.4) is 0 Å². The summed E-state index contributed by atoms with van der Waals surface area (Å²) in [5.74, 6) is 0.0699. The summed E-state index contributed by atoms with van der Waals surface area (Å²) >= 11 is 1.63. The van der Waals surface area contributed by atoms with Gasteiger partial charge in [-0.2, -0.15) is 13.2 Å². The molecule has 2 aromatic rings. The van der Waals surface area contributed by atoms with Gasteiger partial charge in [0.15, 0.2) is 0 Å². The number of fused-ring (bicyclic) bond motifs is 1. The largest absolute Gasteiger partial charge is 0.406 e. The van der Waals surface area contributed by atoms with Crippen molar-refractivity contribution in [3.8, 4) is 0 Å². The third-order valence-corrected chi connectivity index (χ3v) is 6.55. The number of amides is 1. The molecule has 5 nitrogen and oxygen atoms in total. The van der Waals surface area contributed by atoms with E-state index in [1.807, 2.05) is 20.8 Å². The van der Waals surface area contributed by atoms with E-state index in [1.165, 1.54) is 4.88 Å². The number of thiophene rings is 1. The van der Waals surface area contributed by atoms with E-state index in [-0.39, 0.29) is 6.54 Å². The normalized spacial score (nSPS) is 16.3. The number of alkyl halides is 3. The van der Waals surface area contributed by atoms with Gasteiger partial charge in [-0.15, -0.1) is 11.3 Å². The van der Waals surface area contributed by atoms with Crippen LogP contribution in [-0.2, 0) is 4.79 Å². The zero-order chi connectivity index (χ0) is 22.3. The molecule has 1 aliphatic heterocycles. The van der Waals surface area contributed by atoms with Crippen LogP contribution < -0.4 is 4.90 Å². The van der Waals surface area contributed by atoms with E-state index < -0.39 is 30.0 Å². The summed E-state index contributed by atoms with van der Waals surface area (Å²) in [6.45, 7) is 9.72. The number of piperidine rings is 1. The zero-order valence-corrected chi connectivity index (χ0v) is 19.0. The van der Waals surface area contributed by atoms with Gasteiger partial charge in [0.05, 0.1) is 5.39 Å². The Morgan fingerprint density at radius 1 is 1.17 bits per heavy atom. The van der Waals surface area contributed by atoms with Gasteiger partial charge < -0.3 is 9.80 Å². The molecule has 2 aromatic heterocycles. The minimum absolute atomic E-state index is 0.0888. The van der Waals surface area contributed by atoms with Crippen molar-refractivity contribution in [3.05, 3.63) is 16.8 Å². The van der Waals surface area contributed by atoms with Gasteiger partial charge in [0.2, 0.25) is 5.91 Å². The third-order valence-electron chi connectivity index (χ3n) is 5.44. The minimum Gasteiger partial charge on any atom is -0.356 e. The van der Waals surface area contributed by atoms with Crippen LogP contribution in [0, 0.1) is 25.2 Å². The number of hydrogen-bond donors (Lipinski definition) is 0. The van der Waals surface area contributed by atoms with Crippen molar-refractivity contribution < 1.29 is 18.0 Å². The molecule has 3 heterocycles. The van der Waals surface area contributed by atoms with Crippen molar-refractivity contribution in [1.82, 2.24) is 14.9 Å². The molecule has 0 saturated carbocycles. The second-order valence-corrected chi connectivity index (χ2v) is 10.5.